The molecule has 0 aromatic rings. The Bertz CT molecular complexity index is 1590. The van der Waals surface area contributed by atoms with Crippen molar-refractivity contribution in [3.63, 3.8) is 0 Å². The van der Waals surface area contributed by atoms with Crippen molar-refractivity contribution >= 4 is 5.91 Å². The van der Waals surface area contributed by atoms with E-state index in [1.54, 1.807) is 6.08 Å². The van der Waals surface area contributed by atoms with E-state index in [1.165, 1.54) is 96.3 Å². The monoisotopic (exact) mass is 1050 g/mol. The maximum atomic E-state index is 13.1. The first kappa shape index (κ1) is 69.6. The van der Waals surface area contributed by atoms with Crippen LogP contribution >= 0.6 is 0 Å². The molecule has 1 fully saturated rings. The van der Waals surface area contributed by atoms with E-state index in [4.69, 9.17) is 9.47 Å². The average Bonchev–Trinajstić information content (AvgIpc) is 3.41. The van der Waals surface area contributed by atoms with Crippen molar-refractivity contribution in [2.45, 2.75) is 275 Å². The van der Waals surface area contributed by atoms with E-state index in [2.05, 4.69) is 129 Å². The highest BCUT2D eigenvalue weighted by Crippen LogP contribution is 2.23. The lowest BCUT2D eigenvalue weighted by atomic mass is 9.99. The number of amides is 1. The van der Waals surface area contributed by atoms with Crippen molar-refractivity contribution in [2.75, 3.05) is 13.2 Å². The number of aliphatic hydroxyl groups is 5. The highest BCUT2D eigenvalue weighted by molar-refractivity contribution is 5.76. The molecule has 0 radical (unpaired) electrons. The van der Waals surface area contributed by atoms with Crippen LogP contribution < -0.4 is 5.32 Å². The zero-order valence-electron chi connectivity index (χ0n) is 47.5. The summed E-state index contributed by atoms with van der Waals surface area (Å²) in [5, 5.41) is 54.6. The minimum absolute atomic E-state index is 0.200. The molecule has 0 aliphatic carbocycles. The van der Waals surface area contributed by atoms with Gasteiger partial charge in [-0.2, -0.15) is 0 Å². The van der Waals surface area contributed by atoms with Crippen LogP contribution in [0, 0.1) is 0 Å². The second-order valence-electron chi connectivity index (χ2n) is 20.4. The maximum Gasteiger partial charge on any atom is 0.220 e. The number of hydrogen-bond donors (Lipinski definition) is 6. The molecule has 428 valence electrons. The Kier molecular flexibility index (Phi) is 50.1. The standard InChI is InChI=1S/C66H111NO8/c1-3-5-7-9-11-13-15-17-19-21-23-24-25-26-27-28-29-30-31-32-33-34-35-36-38-40-42-44-46-48-50-52-54-56-62(70)67-59(58-74-66-65(73)64(72)63(71)61(57-68)75-66)60(69)55-53-51-49-47-45-43-41-39-37-22-20-18-16-14-12-10-8-6-4-2/h5,7,11,13,17,19,23-24,26-27,29-30,32-33,35-36,40,42,53,55,59-61,63-66,68-69,71-73H,3-4,6,8-10,12,14-16,18,20-22,25,28,31,34,37-39,41,43-52,54,56-58H2,1-2H3,(H,67,70)/b7-5-,13-11-,19-17-,24-23-,27-26-,30-29-,33-32-,36-35-,42-40-,55-53+. The van der Waals surface area contributed by atoms with Crippen LogP contribution in [0.25, 0.3) is 0 Å². The normalized spacial score (nSPS) is 19.8. The van der Waals surface area contributed by atoms with E-state index in [0.29, 0.717) is 6.42 Å². The van der Waals surface area contributed by atoms with Gasteiger partial charge in [0.2, 0.25) is 5.91 Å². The van der Waals surface area contributed by atoms with E-state index < -0.39 is 49.5 Å². The lowest BCUT2D eigenvalue weighted by Gasteiger charge is -2.40. The molecule has 0 bridgehead atoms. The number of rotatable bonds is 50. The minimum Gasteiger partial charge on any atom is -0.394 e. The smallest absolute Gasteiger partial charge is 0.220 e. The van der Waals surface area contributed by atoms with Gasteiger partial charge in [0.05, 0.1) is 25.4 Å². The summed E-state index contributed by atoms with van der Waals surface area (Å²) in [5.41, 5.74) is 0. The highest BCUT2D eigenvalue weighted by atomic mass is 16.7. The van der Waals surface area contributed by atoms with Crippen molar-refractivity contribution in [2.24, 2.45) is 0 Å². The number of aliphatic hydroxyl groups excluding tert-OH is 5. The van der Waals surface area contributed by atoms with Gasteiger partial charge in [-0.3, -0.25) is 4.79 Å². The summed E-state index contributed by atoms with van der Waals surface area (Å²) in [4.78, 5) is 13.1. The molecule has 1 aliphatic heterocycles. The first-order valence-corrected chi connectivity index (χ1v) is 30.3. The maximum absolute atomic E-state index is 13.1. The first-order valence-electron chi connectivity index (χ1n) is 30.3. The Hall–Kier alpha value is -3.41. The van der Waals surface area contributed by atoms with Gasteiger partial charge >= 0.3 is 0 Å². The lowest BCUT2D eigenvalue weighted by Crippen LogP contribution is -2.60. The van der Waals surface area contributed by atoms with Crippen molar-refractivity contribution in [3.8, 4) is 0 Å². The van der Waals surface area contributed by atoms with Gasteiger partial charge in [0, 0.05) is 6.42 Å². The molecule has 7 unspecified atom stereocenters. The van der Waals surface area contributed by atoms with Gasteiger partial charge in [0.15, 0.2) is 6.29 Å². The summed E-state index contributed by atoms with van der Waals surface area (Å²) < 4.78 is 11.3. The van der Waals surface area contributed by atoms with Gasteiger partial charge in [-0.05, 0) is 89.9 Å². The molecule has 1 amide bonds. The van der Waals surface area contributed by atoms with Gasteiger partial charge in [-0.1, -0.05) is 257 Å². The third-order valence-corrected chi connectivity index (χ3v) is 13.5. The van der Waals surface area contributed by atoms with Crippen LogP contribution in [0.2, 0.25) is 0 Å². The third-order valence-electron chi connectivity index (χ3n) is 13.5. The number of allylic oxidation sites excluding steroid dienone is 19. The molecular weight excluding hydrogens is 935 g/mol. The van der Waals surface area contributed by atoms with E-state index in [9.17, 15) is 30.3 Å². The van der Waals surface area contributed by atoms with Crippen molar-refractivity contribution in [3.05, 3.63) is 122 Å². The number of ether oxygens (including phenoxy) is 2. The van der Waals surface area contributed by atoms with E-state index in [0.717, 1.165) is 116 Å². The Morgan fingerprint density at radius 1 is 0.467 bits per heavy atom. The van der Waals surface area contributed by atoms with Gasteiger partial charge < -0.3 is 40.3 Å². The van der Waals surface area contributed by atoms with Crippen LogP contribution in [0.4, 0.5) is 0 Å². The Labute approximate surface area is 458 Å². The average molecular weight is 1050 g/mol. The molecule has 1 saturated heterocycles. The molecule has 0 saturated carbocycles. The van der Waals surface area contributed by atoms with Gasteiger partial charge in [-0.15, -0.1) is 0 Å². The molecule has 1 aliphatic rings. The van der Waals surface area contributed by atoms with Gasteiger partial charge in [0.1, 0.15) is 24.4 Å². The van der Waals surface area contributed by atoms with Crippen LogP contribution in [0.3, 0.4) is 0 Å². The molecule has 75 heavy (non-hydrogen) atoms. The SMILES string of the molecule is CC/C=C\C/C=C\C/C=C\C/C=C\C/C=C\C/C=C\C/C=C\C/C=C\C/C=C\CCCCCCCC(=O)NC(COC1OC(CO)C(O)C(O)C1O)C(O)/C=C/CCCCCCCCCCCCCCCCCCC. The van der Waals surface area contributed by atoms with Crippen molar-refractivity contribution in [1.82, 2.24) is 5.32 Å². The fourth-order valence-corrected chi connectivity index (χ4v) is 8.80. The molecule has 0 spiro atoms. The van der Waals surface area contributed by atoms with Crippen LogP contribution in [-0.2, 0) is 14.3 Å². The quantitative estimate of drug-likeness (QED) is 0.0261. The predicted octanol–water partition coefficient (Wildman–Crippen LogP) is 15.5. The Morgan fingerprint density at radius 3 is 1.23 bits per heavy atom. The fourth-order valence-electron chi connectivity index (χ4n) is 8.80. The summed E-state index contributed by atoms with van der Waals surface area (Å²) in [6, 6.07) is -0.825. The summed E-state index contributed by atoms with van der Waals surface area (Å²) in [6.07, 6.45) is 74.0. The highest BCUT2D eigenvalue weighted by Gasteiger charge is 2.44. The molecule has 6 N–H and O–H groups in total. The molecular formula is C66H111NO8. The summed E-state index contributed by atoms with van der Waals surface area (Å²) in [7, 11) is 0. The zero-order valence-corrected chi connectivity index (χ0v) is 47.5. The van der Waals surface area contributed by atoms with Crippen LogP contribution in [0.15, 0.2) is 122 Å². The van der Waals surface area contributed by atoms with Crippen molar-refractivity contribution in [1.29, 1.82) is 0 Å². The molecule has 9 heteroatoms. The Morgan fingerprint density at radius 2 is 0.827 bits per heavy atom. The van der Waals surface area contributed by atoms with E-state index >= 15 is 0 Å². The second-order valence-corrected chi connectivity index (χ2v) is 20.4. The number of unbranched alkanes of at least 4 members (excludes halogenated alkanes) is 22. The van der Waals surface area contributed by atoms with Gasteiger partial charge in [-0.25, -0.2) is 0 Å². The third kappa shape index (κ3) is 43.3. The van der Waals surface area contributed by atoms with Gasteiger partial charge in [0.25, 0.3) is 0 Å². The van der Waals surface area contributed by atoms with E-state index in [1.807, 2.05) is 6.08 Å². The van der Waals surface area contributed by atoms with Crippen LogP contribution in [-0.4, -0.2) is 87.5 Å². The fraction of sp³-hybridized carbons (Fsp3) is 0.682. The number of hydrogen-bond acceptors (Lipinski definition) is 8. The number of carbonyl (C=O) groups excluding carboxylic acids is 1. The Balaban J connectivity index is 2.25. The molecule has 1 rings (SSSR count). The predicted molar refractivity (Wildman–Crippen MR) is 317 cm³/mol. The topological polar surface area (TPSA) is 149 Å². The zero-order chi connectivity index (χ0) is 54.3. The van der Waals surface area contributed by atoms with Crippen LogP contribution in [0.5, 0.6) is 0 Å². The van der Waals surface area contributed by atoms with Crippen LogP contribution in [0.1, 0.15) is 232 Å². The molecule has 0 aromatic carbocycles. The molecule has 0 aromatic heterocycles. The summed E-state index contributed by atoms with van der Waals surface area (Å²) in [6.45, 7) is 3.66. The largest absolute Gasteiger partial charge is 0.394 e. The number of nitrogens with one attached hydrogen (secondary N) is 1. The molecule has 1 heterocycles. The number of carbonyl (C=O) groups is 1. The summed E-state index contributed by atoms with van der Waals surface area (Å²) >= 11 is 0. The molecule has 9 nitrogen and oxygen atoms in total. The van der Waals surface area contributed by atoms with E-state index in [-0.39, 0.29) is 12.5 Å². The first-order chi connectivity index (χ1) is 36.8. The second kappa shape index (κ2) is 54.0. The lowest BCUT2D eigenvalue weighted by molar-refractivity contribution is -0.302. The minimum atomic E-state index is -1.58. The molecule has 7 atom stereocenters. The summed E-state index contributed by atoms with van der Waals surface area (Å²) in [5.74, 6) is -0.200. The van der Waals surface area contributed by atoms with Crippen molar-refractivity contribution < 1.29 is 39.8 Å².